The lowest BCUT2D eigenvalue weighted by Gasteiger charge is -2.38. The smallest absolute Gasteiger partial charge is 0.305 e. The average Bonchev–Trinajstić information content (AvgIpc) is 2.38. The summed E-state index contributed by atoms with van der Waals surface area (Å²) in [5, 5.41) is 3.10. The number of hydrogen-bond acceptors (Lipinski definition) is 4. The maximum absolute atomic E-state index is 11.8. The average molecular weight is 284 g/mol. The number of esters is 1. The van der Waals surface area contributed by atoms with Crippen molar-refractivity contribution < 1.29 is 14.3 Å². The van der Waals surface area contributed by atoms with Crippen LogP contribution in [0.1, 0.15) is 40.0 Å². The Morgan fingerprint density at radius 2 is 2.05 bits per heavy atom. The molecular formula is C15H28N2O3. The summed E-state index contributed by atoms with van der Waals surface area (Å²) < 4.78 is 4.76. The van der Waals surface area contributed by atoms with Gasteiger partial charge in [0.05, 0.1) is 7.11 Å². The molecule has 1 aliphatic rings. The molecule has 0 saturated carbocycles. The Hall–Kier alpha value is -1.10. The van der Waals surface area contributed by atoms with Gasteiger partial charge in [-0.15, -0.1) is 0 Å². The highest BCUT2D eigenvalue weighted by Crippen LogP contribution is 2.21. The SMILES string of the molecule is CCCN1CC(CC(=O)OC)CC(NC(=O)C(C)C)C1. The van der Waals surface area contributed by atoms with Gasteiger partial charge in [-0.3, -0.25) is 9.59 Å². The van der Waals surface area contributed by atoms with E-state index in [1.807, 2.05) is 13.8 Å². The van der Waals surface area contributed by atoms with Gasteiger partial charge in [-0.05, 0) is 25.3 Å². The standard InChI is InChI=1S/C15H28N2O3/c1-5-6-17-9-12(8-14(18)20-4)7-13(10-17)16-15(19)11(2)3/h11-13H,5-10H2,1-4H3,(H,16,19). The molecule has 20 heavy (non-hydrogen) atoms. The summed E-state index contributed by atoms with van der Waals surface area (Å²) >= 11 is 0. The van der Waals surface area contributed by atoms with Gasteiger partial charge in [0.15, 0.2) is 0 Å². The molecular weight excluding hydrogens is 256 g/mol. The summed E-state index contributed by atoms with van der Waals surface area (Å²) in [7, 11) is 1.42. The fourth-order valence-corrected chi connectivity index (χ4v) is 2.74. The number of piperidine rings is 1. The molecule has 0 radical (unpaired) electrons. The number of nitrogens with one attached hydrogen (secondary N) is 1. The molecule has 1 fully saturated rings. The molecule has 116 valence electrons. The quantitative estimate of drug-likeness (QED) is 0.750. The molecule has 5 heteroatoms. The van der Waals surface area contributed by atoms with Crippen LogP contribution in [0.25, 0.3) is 0 Å². The summed E-state index contributed by atoms with van der Waals surface area (Å²) in [6.45, 7) is 8.74. The summed E-state index contributed by atoms with van der Waals surface area (Å²) in [4.78, 5) is 25.6. The Morgan fingerprint density at radius 1 is 1.35 bits per heavy atom. The maximum Gasteiger partial charge on any atom is 0.305 e. The first-order valence-corrected chi connectivity index (χ1v) is 7.55. The Balaban J connectivity index is 2.60. The first-order valence-electron chi connectivity index (χ1n) is 7.55. The topological polar surface area (TPSA) is 58.6 Å². The van der Waals surface area contributed by atoms with E-state index in [1.54, 1.807) is 0 Å². The van der Waals surface area contributed by atoms with E-state index >= 15 is 0 Å². The van der Waals surface area contributed by atoms with Crippen molar-refractivity contribution in [1.29, 1.82) is 0 Å². The number of likely N-dealkylation sites (tertiary alicyclic amines) is 1. The van der Waals surface area contributed by atoms with Crippen molar-refractivity contribution in [3.05, 3.63) is 0 Å². The lowest BCUT2D eigenvalue weighted by Crippen LogP contribution is -2.52. The van der Waals surface area contributed by atoms with E-state index in [-0.39, 0.29) is 29.8 Å². The molecule has 2 unspecified atom stereocenters. The molecule has 0 bridgehead atoms. The third kappa shape index (κ3) is 5.49. The van der Waals surface area contributed by atoms with Gasteiger partial charge >= 0.3 is 5.97 Å². The highest BCUT2D eigenvalue weighted by atomic mass is 16.5. The molecule has 0 aliphatic carbocycles. The molecule has 1 rings (SSSR count). The van der Waals surface area contributed by atoms with Crippen LogP contribution in [0.2, 0.25) is 0 Å². The van der Waals surface area contributed by atoms with Crippen molar-refractivity contribution in [3.63, 3.8) is 0 Å². The number of hydrogen-bond donors (Lipinski definition) is 1. The number of rotatable bonds is 6. The van der Waals surface area contributed by atoms with E-state index in [0.29, 0.717) is 6.42 Å². The van der Waals surface area contributed by atoms with Crippen molar-refractivity contribution in [1.82, 2.24) is 10.2 Å². The van der Waals surface area contributed by atoms with Crippen molar-refractivity contribution in [3.8, 4) is 0 Å². The van der Waals surface area contributed by atoms with E-state index in [0.717, 1.165) is 32.5 Å². The third-order valence-electron chi connectivity index (χ3n) is 3.71. The van der Waals surface area contributed by atoms with E-state index in [1.165, 1.54) is 7.11 Å². The normalized spacial score (nSPS) is 23.6. The minimum Gasteiger partial charge on any atom is -0.469 e. The van der Waals surface area contributed by atoms with E-state index < -0.39 is 0 Å². The molecule has 2 atom stereocenters. The van der Waals surface area contributed by atoms with Crippen LogP contribution < -0.4 is 5.32 Å². The fraction of sp³-hybridized carbons (Fsp3) is 0.867. The van der Waals surface area contributed by atoms with Crippen LogP contribution in [0, 0.1) is 11.8 Å². The van der Waals surface area contributed by atoms with Gasteiger partial charge in [-0.1, -0.05) is 20.8 Å². The largest absolute Gasteiger partial charge is 0.469 e. The molecule has 1 N–H and O–H groups in total. The van der Waals surface area contributed by atoms with E-state index in [4.69, 9.17) is 4.74 Å². The van der Waals surface area contributed by atoms with Crippen molar-refractivity contribution >= 4 is 11.9 Å². The highest BCUT2D eigenvalue weighted by molar-refractivity contribution is 5.78. The van der Waals surface area contributed by atoms with Crippen LogP contribution >= 0.6 is 0 Å². The number of methoxy groups -OCH3 is 1. The van der Waals surface area contributed by atoms with Crippen LogP contribution in [0.3, 0.4) is 0 Å². The monoisotopic (exact) mass is 284 g/mol. The van der Waals surface area contributed by atoms with Crippen LogP contribution in [0.4, 0.5) is 0 Å². The summed E-state index contributed by atoms with van der Waals surface area (Å²) in [5.74, 6) is 0.184. The predicted molar refractivity (Wildman–Crippen MR) is 78.2 cm³/mol. The van der Waals surface area contributed by atoms with Crippen LogP contribution in [0.5, 0.6) is 0 Å². The number of amides is 1. The molecule has 0 aromatic heterocycles. The first-order chi connectivity index (χ1) is 9.46. The summed E-state index contributed by atoms with van der Waals surface area (Å²) in [6.07, 6.45) is 2.37. The molecule has 1 amide bonds. The first kappa shape index (κ1) is 17.0. The minimum atomic E-state index is -0.165. The lowest BCUT2D eigenvalue weighted by atomic mass is 9.91. The number of nitrogens with zero attached hydrogens (tertiary/aromatic N) is 1. The second-order valence-electron chi connectivity index (χ2n) is 6.00. The molecule has 0 spiro atoms. The Kier molecular flexibility index (Phi) is 6.99. The van der Waals surface area contributed by atoms with Gasteiger partial charge in [0.1, 0.15) is 0 Å². The zero-order valence-electron chi connectivity index (χ0n) is 13.1. The van der Waals surface area contributed by atoms with Crippen LogP contribution in [0.15, 0.2) is 0 Å². The molecule has 1 saturated heterocycles. The predicted octanol–water partition coefficient (Wildman–Crippen LogP) is 1.42. The molecule has 0 aromatic carbocycles. The Labute approximate surface area is 122 Å². The van der Waals surface area contributed by atoms with Gasteiger partial charge in [-0.25, -0.2) is 0 Å². The maximum atomic E-state index is 11.8. The fourth-order valence-electron chi connectivity index (χ4n) is 2.74. The van der Waals surface area contributed by atoms with Crippen LogP contribution in [-0.2, 0) is 14.3 Å². The van der Waals surface area contributed by atoms with Gasteiger partial charge in [0.2, 0.25) is 5.91 Å². The second-order valence-corrected chi connectivity index (χ2v) is 6.00. The summed E-state index contributed by atoms with van der Waals surface area (Å²) in [5.41, 5.74) is 0. The van der Waals surface area contributed by atoms with Crippen LogP contribution in [-0.4, -0.2) is 49.6 Å². The van der Waals surface area contributed by atoms with E-state index in [9.17, 15) is 9.59 Å². The lowest BCUT2D eigenvalue weighted by molar-refractivity contribution is -0.142. The Morgan fingerprint density at radius 3 is 2.60 bits per heavy atom. The zero-order chi connectivity index (χ0) is 15.1. The Bertz CT molecular complexity index is 331. The van der Waals surface area contributed by atoms with Crippen molar-refractivity contribution in [2.75, 3.05) is 26.7 Å². The van der Waals surface area contributed by atoms with Crippen molar-refractivity contribution in [2.45, 2.75) is 46.1 Å². The van der Waals surface area contributed by atoms with Gasteiger partial charge in [0.25, 0.3) is 0 Å². The molecule has 0 aromatic rings. The zero-order valence-corrected chi connectivity index (χ0v) is 13.1. The minimum absolute atomic E-state index is 0.00407. The highest BCUT2D eigenvalue weighted by Gasteiger charge is 2.29. The van der Waals surface area contributed by atoms with Crippen molar-refractivity contribution in [2.24, 2.45) is 11.8 Å². The second kappa shape index (κ2) is 8.25. The number of carbonyl (C=O) groups is 2. The third-order valence-corrected chi connectivity index (χ3v) is 3.71. The van der Waals surface area contributed by atoms with Gasteiger partial charge in [0, 0.05) is 31.5 Å². The number of ether oxygens (including phenoxy) is 1. The molecule has 5 nitrogen and oxygen atoms in total. The van der Waals surface area contributed by atoms with Gasteiger partial charge < -0.3 is 15.0 Å². The van der Waals surface area contributed by atoms with E-state index in [2.05, 4.69) is 17.1 Å². The molecule has 1 heterocycles. The number of carbonyl (C=O) groups excluding carboxylic acids is 2. The van der Waals surface area contributed by atoms with Gasteiger partial charge in [-0.2, -0.15) is 0 Å². The summed E-state index contributed by atoms with van der Waals surface area (Å²) in [6, 6.07) is 0.139. The molecule has 1 aliphatic heterocycles.